The molecule has 1 N–H and O–H groups in total. The molecule has 0 aromatic heterocycles. The summed E-state index contributed by atoms with van der Waals surface area (Å²) in [6, 6.07) is 6.21. The first kappa shape index (κ1) is 16.6. The van der Waals surface area contributed by atoms with E-state index in [0.29, 0.717) is 37.0 Å². The van der Waals surface area contributed by atoms with E-state index in [1.54, 1.807) is 12.1 Å². The third-order valence-electron chi connectivity index (χ3n) is 3.36. The first-order valence-corrected chi connectivity index (χ1v) is 7.44. The number of rotatable bonds is 6. The van der Waals surface area contributed by atoms with Crippen LogP contribution >= 0.6 is 11.6 Å². The maximum Gasteiger partial charge on any atom is 0.328 e. The highest BCUT2D eigenvalue weighted by Gasteiger charge is 2.32. The zero-order chi connectivity index (χ0) is 15.9. The number of carbonyl (C=O) groups is 2. The molecular weight excluding hydrogens is 310 g/mol. The first-order valence-electron chi connectivity index (χ1n) is 7.07. The summed E-state index contributed by atoms with van der Waals surface area (Å²) in [5.41, 5.74) is 0. The minimum Gasteiger partial charge on any atom is -0.492 e. The second-order valence-corrected chi connectivity index (χ2v) is 5.31. The van der Waals surface area contributed by atoms with Crippen LogP contribution in [0.2, 0.25) is 5.02 Å². The van der Waals surface area contributed by atoms with Crippen LogP contribution in [0.3, 0.4) is 0 Å². The lowest BCUT2D eigenvalue weighted by atomic mass is 10.2. The van der Waals surface area contributed by atoms with Crippen molar-refractivity contribution >= 4 is 23.5 Å². The fourth-order valence-corrected chi connectivity index (χ4v) is 2.41. The summed E-state index contributed by atoms with van der Waals surface area (Å²) in [5.74, 6) is -0.662. The van der Waals surface area contributed by atoms with Crippen LogP contribution in [0.1, 0.15) is 12.8 Å². The molecule has 1 aliphatic heterocycles. The maximum absolute atomic E-state index is 12.1. The quantitative estimate of drug-likeness (QED) is 0.806. The van der Waals surface area contributed by atoms with E-state index in [-0.39, 0.29) is 18.9 Å². The smallest absolute Gasteiger partial charge is 0.328 e. The standard InChI is InChI=1S/C15H18ClNO5/c16-11-4-1-2-5-13(11)22-8-3-6-14(18)17-7-9-21-10-12(17)15(19)20/h1-2,4-5,12H,3,6-10H2,(H,19,20). The highest BCUT2D eigenvalue weighted by molar-refractivity contribution is 6.32. The largest absolute Gasteiger partial charge is 0.492 e. The Labute approximate surface area is 133 Å². The predicted octanol–water partition coefficient (Wildman–Crippen LogP) is 1.81. The molecule has 1 heterocycles. The van der Waals surface area contributed by atoms with Gasteiger partial charge in [-0.2, -0.15) is 0 Å². The van der Waals surface area contributed by atoms with Crippen LogP contribution in [0.25, 0.3) is 0 Å². The fourth-order valence-electron chi connectivity index (χ4n) is 2.22. The molecule has 2 rings (SSSR count). The molecule has 1 fully saturated rings. The molecule has 0 spiro atoms. The van der Waals surface area contributed by atoms with Gasteiger partial charge in [0.15, 0.2) is 6.04 Å². The van der Waals surface area contributed by atoms with Gasteiger partial charge in [0.2, 0.25) is 5.91 Å². The molecule has 0 bridgehead atoms. The summed E-state index contributed by atoms with van der Waals surface area (Å²) in [5, 5.41) is 9.62. The molecule has 1 saturated heterocycles. The Bertz CT molecular complexity index is 536. The molecule has 1 unspecified atom stereocenters. The van der Waals surface area contributed by atoms with Gasteiger partial charge in [0.1, 0.15) is 5.75 Å². The van der Waals surface area contributed by atoms with Crippen molar-refractivity contribution in [2.75, 3.05) is 26.4 Å². The average Bonchev–Trinajstić information content (AvgIpc) is 2.52. The number of nitrogens with zero attached hydrogens (tertiary/aromatic N) is 1. The fraction of sp³-hybridized carbons (Fsp3) is 0.467. The number of ether oxygens (including phenoxy) is 2. The zero-order valence-electron chi connectivity index (χ0n) is 12.0. The summed E-state index contributed by atoms with van der Waals surface area (Å²) < 4.78 is 10.6. The van der Waals surface area contributed by atoms with Gasteiger partial charge in [0, 0.05) is 13.0 Å². The van der Waals surface area contributed by atoms with Gasteiger partial charge in [-0.1, -0.05) is 23.7 Å². The molecule has 6 nitrogen and oxygen atoms in total. The molecule has 0 radical (unpaired) electrons. The lowest BCUT2D eigenvalue weighted by molar-refractivity contribution is -0.158. The molecule has 22 heavy (non-hydrogen) atoms. The highest BCUT2D eigenvalue weighted by Crippen LogP contribution is 2.23. The zero-order valence-corrected chi connectivity index (χ0v) is 12.8. The predicted molar refractivity (Wildman–Crippen MR) is 80.1 cm³/mol. The number of hydrogen-bond donors (Lipinski definition) is 1. The molecule has 1 aliphatic rings. The number of aliphatic carboxylic acids is 1. The number of amides is 1. The molecule has 0 aliphatic carbocycles. The van der Waals surface area contributed by atoms with Gasteiger partial charge in [-0.15, -0.1) is 0 Å². The molecule has 7 heteroatoms. The van der Waals surface area contributed by atoms with Gasteiger partial charge in [0.25, 0.3) is 0 Å². The highest BCUT2D eigenvalue weighted by atomic mass is 35.5. The van der Waals surface area contributed by atoms with E-state index in [1.165, 1.54) is 4.90 Å². The number of carboxylic acid groups (broad SMARTS) is 1. The Balaban J connectivity index is 1.77. The van der Waals surface area contributed by atoms with Crippen LogP contribution in [0.15, 0.2) is 24.3 Å². The van der Waals surface area contributed by atoms with Crippen molar-refractivity contribution in [3.8, 4) is 5.75 Å². The molecular formula is C15H18ClNO5. The molecule has 1 amide bonds. The van der Waals surface area contributed by atoms with E-state index in [4.69, 9.17) is 26.2 Å². The second kappa shape index (κ2) is 8.00. The summed E-state index contributed by atoms with van der Waals surface area (Å²) in [6.07, 6.45) is 0.724. The van der Waals surface area contributed by atoms with Crippen LogP contribution in [-0.4, -0.2) is 54.3 Å². The Morgan fingerprint density at radius 1 is 1.41 bits per heavy atom. The SMILES string of the molecule is O=C(O)C1COCCN1C(=O)CCCOc1ccccc1Cl. The van der Waals surface area contributed by atoms with E-state index in [0.717, 1.165) is 0 Å². The van der Waals surface area contributed by atoms with Gasteiger partial charge in [-0.25, -0.2) is 4.79 Å². The van der Waals surface area contributed by atoms with Crippen molar-refractivity contribution in [1.82, 2.24) is 4.90 Å². The number of carbonyl (C=O) groups excluding carboxylic acids is 1. The Morgan fingerprint density at radius 3 is 2.91 bits per heavy atom. The van der Waals surface area contributed by atoms with E-state index >= 15 is 0 Å². The average molecular weight is 328 g/mol. The monoisotopic (exact) mass is 327 g/mol. The van der Waals surface area contributed by atoms with E-state index in [1.807, 2.05) is 12.1 Å². The number of morpholine rings is 1. The number of para-hydroxylation sites is 1. The lowest BCUT2D eigenvalue weighted by Gasteiger charge is -2.32. The third kappa shape index (κ3) is 4.35. The summed E-state index contributed by atoms with van der Waals surface area (Å²) in [6.45, 7) is 1.06. The van der Waals surface area contributed by atoms with Gasteiger partial charge in [-0.3, -0.25) is 4.79 Å². The van der Waals surface area contributed by atoms with Crippen molar-refractivity contribution in [1.29, 1.82) is 0 Å². The Hall–Kier alpha value is -1.79. The van der Waals surface area contributed by atoms with E-state index in [2.05, 4.69) is 0 Å². The van der Waals surface area contributed by atoms with Gasteiger partial charge in [-0.05, 0) is 18.6 Å². The molecule has 120 valence electrons. The van der Waals surface area contributed by atoms with Crippen LogP contribution in [0, 0.1) is 0 Å². The van der Waals surface area contributed by atoms with Crippen molar-refractivity contribution in [3.63, 3.8) is 0 Å². The minimum atomic E-state index is -1.04. The van der Waals surface area contributed by atoms with Crippen LogP contribution < -0.4 is 4.74 Å². The lowest BCUT2D eigenvalue weighted by Crippen LogP contribution is -2.52. The number of halogens is 1. The summed E-state index contributed by atoms with van der Waals surface area (Å²) in [7, 11) is 0. The van der Waals surface area contributed by atoms with Gasteiger partial charge < -0.3 is 19.5 Å². The van der Waals surface area contributed by atoms with Gasteiger partial charge >= 0.3 is 5.97 Å². The van der Waals surface area contributed by atoms with Gasteiger partial charge in [0.05, 0.1) is 24.8 Å². The van der Waals surface area contributed by atoms with Crippen molar-refractivity contribution in [2.45, 2.75) is 18.9 Å². The summed E-state index contributed by atoms with van der Waals surface area (Å²) >= 11 is 5.96. The number of hydrogen-bond acceptors (Lipinski definition) is 4. The third-order valence-corrected chi connectivity index (χ3v) is 3.68. The Morgan fingerprint density at radius 2 is 2.18 bits per heavy atom. The Kier molecular flexibility index (Phi) is 6.03. The van der Waals surface area contributed by atoms with Crippen molar-refractivity contribution < 1.29 is 24.2 Å². The molecule has 0 saturated carbocycles. The normalized spacial score (nSPS) is 18.0. The van der Waals surface area contributed by atoms with Crippen molar-refractivity contribution in [2.24, 2.45) is 0 Å². The van der Waals surface area contributed by atoms with Crippen molar-refractivity contribution in [3.05, 3.63) is 29.3 Å². The van der Waals surface area contributed by atoms with Crippen LogP contribution in [-0.2, 0) is 14.3 Å². The minimum absolute atomic E-state index is 0.0389. The second-order valence-electron chi connectivity index (χ2n) is 4.90. The first-order chi connectivity index (χ1) is 10.6. The molecule has 1 aromatic rings. The van der Waals surface area contributed by atoms with E-state index in [9.17, 15) is 9.59 Å². The summed E-state index contributed by atoms with van der Waals surface area (Å²) in [4.78, 5) is 24.6. The van der Waals surface area contributed by atoms with Crippen LogP contribution in [0.5, 0.6) is 5.75 Å². The topological polar surface area (TPSA) is 76.1 Å². The van der Waals surface area contributed by atoms with E-state index < -0.39 is 12.0 Å². The number of carboxylic acids is 1. The molecule has 1 atom stereocenters. The van der Waals surface area contributed by atoms with Crippen LogP contribution in [0.4, 0.5) is 0 Å². The number of benzene rings is 1. The molecule has 1 aromatic carbocycles. The maximum atomic E-state index is 12.1.